The van der Waals surface area contributed by atoms with Crippen molar-refractivity contribution in [3.8, 4) is 0 Å². The minimum absolute atomic E-state index is 0.491. The van der Waals surface area contributed by atoms with Crippen LogP contribution in [0, 0.1) is 5.92 Å². The fourth-order valence-electron chi connectivity index (χ4n) is 0.928. The summed E-state index contributed by atoms with van der Waals surface area (Å²) in [5.74, 6) is 0.491. The Balaban J connectivity index is 3.71. The highest BCUT2D eigenvalue weighted by Gasteiger charge is 2.17. The second-order valence-corrected chi connectivity index (χ2v) is 3.22. The number of hydrogen-bond donors (Lipinski definition) is 1. The quantitative estimate of drug-likeness (QED) is 0.576. The standard InChI is InChI=1S/C7H15NO/c1-6(2)4-7(3,8)5-9/h5-6H,4,8H2,1-3H3/t7-/m0/s1. The van der Waals surface area contributed by atoms with Crippen LogP contribution in [0.15, 0.2) is 0 Å². The summed E-state index contributed by atoms with van der Waals surface area (Å²) in [4.78, 5) is 10.2. The van der Waals surface area contributed by atoms with E-state index in [9.17, 15) is 4.79 Å². The lowest BCUT2D eigenvalue weighted by atomic mass is 9.94. The van der Waals surface area contributed by atoms with Crippen molar-refractivity contribution < 1.29 is 4.79 Å². The maximum Gasteiger partial charge on any atom is 0.139 e. The molecular formula is C7H15NO. The van der Waals surface area contributed by atoms with Gasteiger partial charge in [0.15, 0.2) is 0 Å². The van der Waals surface area contributed by atoms with Gasteiger partial charge in [0.05, 0.1) is 5.54 Å². The second kappa shape index (κ2) is 2.97. The number of aldehydes is 1. The maximum absolute atomic E-state index is 10.2. The van der Waals surface area contributed by atoms with Gasteiger partial charge in [-0.05, 0) is 19.3 Å². The van der Waals surface area contributed by atoms with Crippen molar-refractivity contribution in [3.63, 3.8) is 0 Å². The lowest BCUT2D eigenvalue weighted by Crippen LogP contribution is -2.39. The second-order valence-electron chi connectivity index (χ2n) is 3.22. The Labute approximate surface area is 56.4 Å². The number of carbonyl (C=O) groups is 1. The lowest BCUT2D eigenvalue weighted by Gasteiger charge is -2.18. The van der Waals surface area contributed by atoms with Crippen molar-refractivity contribution in [1.29, 1.82) is 0 Å². The molecule has 0 heterocycles. The molecule has 1 atom stereocenters. The molecule has 0 saturated heterocycles. The fourth-order valence-corrected chi connectivity index (χ4v) is 0.928. The van der Waals surface area contributed by atoms with Gasteiger partial charge in [-0.25, -0.2) is 0 Å². The molecular weight excluding hydrogens is 114 g/mol. The van der Waals surface area contributed by atoms with Gasteiger partial charge in [0.25, 0.3) is 0 Å². The molecule has 0 aromatic heterocycles. The Morgan fingerprint density at radius 1 is 1.67 bits per heavy atom. The van der Waals surface area contributed by atoms with Crippen molar-refractivity contribution in [3.05, 3.63) is 0 Å². The predicted octanol–water partition coefficient (Wildman–Crippen LogP) is 0.949. The predicted molar refractivity (Wildman–Crippen MR) is 38.1 cm³/mol. The van der Waals surface area contributed by atoms with Gasteiger partial charge in [0, 0.05) is 0 Å². The highest BCUT2D eigenvalue weighted by Crippen LogP contribution is 2.09. The van der Waals surface area contributed by atoms with Crippen LogP contribution in [0.3, 0.4) is 0 Å². The Morgan fingerprint density at radius 3 is 2.22 bits per heavy atom. The minimum atomic E-state index is -0.617. The molecule has 0 amide bonds. The molecule has 0 unspecified atom stereocenters. The van der Waals surface area contributed by atoms with Crippen molar-refractivity contribution in [2.75, 3.05) is 0 Å². The SMILES string of the molecule is CC(C)C[C@](C)(N)C=O. The number of hydrogen-bond acceptors (Lipinski definition) is 2. The normalized spacial score (nSPS) is 17.4. The topological polar surface area (TPSA) is 43.1 Å². The molecule has 0 rings (SSSR count). The van der Waals surface area contributed by atoms with Gasteiger partial charge in [-0.3, -0.25) is 0 Å². The summed E-state index contributed by atoms with van der Waals surface area (Å²) in [6, 6.07) is 0. The van der Waals surface area contributed by atoms with Crippen LogP contribution in [0.25, 0.3) is 0 Å². The zero-order valence-corrected chi connectivity index (χ0v) is 6.35. The van der Waals surface area contributed by atoms with Gasteiger partial charge in [0.1, 0.15) is 6.29 Å². The van der Waals surface area contributed by atoms with E-state index in [1.54, 1.807) is 6.92 Å². The van der Waals surface area contributed by atoms with Crippen LogP contribution in [-0.2, 0) is 4.79 Å². The monoisotopic (exact) mass is 129 g/mol. The summed E-state index contributed by atoms with van der Waals surface area (Å²) >= 11 is 0. The van der Waals surface area contributed by atoms with Gasteiger partial charge in [-0.2, -0.15) is 0 Å². The third kappa shape index (κ3) is 4.15. The van der Waals surface area contributed by atoms with E-state index in [2.05, 4.69) is 13.8 Å². The third-order valence-electron chi connectivity index (χ3n) is 1.12. The molecule has 0 spiro atoms. The minimum Gasteiger partial charge on any atom is -0.319 e. The first-order valence-corrected chi connectivity index (χ1v) is 3.23. The summed E-state index contributed by atoms with van der Waals surface area (Å²) in [6.45, 7) is 5.85. The van der Waals surface area contributed by atoms with Gasteiger partial charge in [0.2, 0.25) is 0 Å². The number of rotatable bonds is 3. The van der Waals surface area contributed by atoms with Crippen LogP contribution in [0.5, 0.6) is 0 Å². The Bertz CT molecular complexity index is 97.1. The molecule has 2 N–H and O–H groups in total. The van der Waals surface area contributed by atoms with Gasteiger partial charge in [-0.1, -0.05) is 13.8 Å². The van der Waals surface area contributed by atoms with Gasteiger partial charge >= 0.3 is 0 Å². The smallest absolute Gasteiger partial charge is 0.139 e. The van der Waals surface area contributed by atoms with Crippen LogP contribution < -0.4 is 5.73 Å². The van der Waals surface area contributed by atoms with Crippen LogP contribution in [-0.4, -0.2) is 11.8 Å². The van der Waals surface area contributed by atoms with E-state index in [-0.39, 0.29) is 0 Å². The Kier molecular flexibility index (Phi) is 2.85. The fraction of sp³-hybridized carbons (Fsp3) is 0.857. The molecule has 2 nitrogen and oxygen atoms in total. The molecule has 0 saturated carbocycles. The summed E-state index contributed by atoms with van der Waals surface area (Å²) in [5, 5.41) is 0. The van der Waals surface area contributed by atoms with Crippen LogP contribution in [0.1, 0.15) is 27.2 Å². The molecule has 0 aliphatic heterocycles. The van der Waals surface area contributed by atoms with E-state index < -0.39 is 5.54 Å². The van der Waals surface area contributed by atoms with E-state index in [0.717, 1.165) is 12.7 Å². The Morgan fingerprint density at radius 2 is 2.11 bits per heavy atom. The zero-order valence-electron chi connectivity index (χ0n) is 6.35. The third-order valence-corrected chi connectivity index (χ3v) is 1.12. The molecule has 54 valence electrons. The summed E-state index contributed by atoms with van der Waals surface area (Å²) in [7, 11) is 0. The highest BCUT2D eigenvalue weighted by atomic mass is 16.1. The van der Waals surface area contributed by atoms with Crippen LogP contribution >= 0.6 is 0 Å². The first-order valence-electron chi connectivity index (χ1n) is 3.23. The molecule has 0 aromatic rings. The Hall–Kier alpha value is -0.370. The van der Waals surface area contributed by atoms with Gasteiger partial charge in [-0.15, -0.1) is 0 Å². The molecule has 0 radical (unpaired) electrons. The van der Waals surface area contributed by atoms with Crippen molar-refractivity contribution in [2.45, 2.75) is 32.7 Å². The van der Waals surface area contributed by atoms with E-state index >= 15 is 0 Å². The van der Waals surface area contributed by atoms with E-state index in [1.165, 1.54) is 0 Å². The number of carbonyl (C=O) groups excluding carboxylic acids is 1. The van der Waals surface area contributed by atoms with E-state index in [4.69, 9.17) is 5.73 Å². The number of nitrogens with two attached hydrogens (primary N) is 1. The first kappa shape index (κ1) is 8.63. The summed E-state index contributed by atoms with van der Waals surface area (Å²) in [5.41, 5.74) is 4.93. The van der Waals surface area contributed by atoms with Crippen molar-refractivity contribution >= 4 is 6.29 Å². The van der Waals surface area contributed by atoms with Crippen LogP contribution in [0.2, 0.25) is 0 Å². The molecule has 0 aliphatic carbocycles. The average Bonchev–Trinajstić information content (AvgIpc) is 1.63. The highest BCUT2D eigenvalue weighted by molar-refractivity contribution is 5.62. The molecule has 2 heteroatoms. The molecule has 0 aromatic carbocycles. The maximum atomic E-state index is 10.2. The average molecular weight is 129 g/mol. The molecule has 9 heavy (non-hydrogen) atoms. The molecule has 0 bridgehead atoms. The largest absolute Gasteiger partial charge is 0.319 e. The first-order chi connectivity index (χ1) is 3.98. The molecule has 0 fully saturated rings. The van der Waals surface area contributed by atoms with Crippen molar-refractivity contribution in [2.24, 2.45) is 11.7 Å². The van der Waals surface area contributed by atoms with E-state index in [1.807, 2.05) is 0 Å². The summed E-state index contributed by atoms with van der Waals surface area (Å²) in [6.07, 6.45) is 1.57. The van der Waals surface area contributed by atoms with E-state index in [0.29, 0.717) is 5.92 Å². The van der Waals surface area contributed by atoms with Crippen LogP contribution in [0.4, 0.5) is 0 Å². The zero-order chi connectivity index (χ0) is 7.49. The lowest BCUT2D eigenvalue weighted by molar-refractivity contribution is -0.112. The summed E-state index contributed by atoms with van der Waals surface area (Å²) < 4.78 is 0. The molecule has 0 aliphatic rings. The van der Waals surface area contributed by atoms with Crippen molar-refractivity contribution in [1.82, 2.24) is 0 Å². The van der Waals surface area contributed by atoms with Gasteiger partial charge < -0.3 is 10.5 Å².